The van der Waals surface area contributed by atoms with E-state index in [4.69, 9.17) is 4.74 Å². The maximum absolute atomic E-state index is 12.5. The lowest BCUT2D eigenvalue weighted by atomic mass is 9.97. The van der Waals surface area contributed by atoms with Gasteiger partial charge in [0.1, 0.15) is 0 Å². The number of hydrogen-bond acceptors (Lipinski definition) is 6. The van der Waals surface area contributed by atoms with Crippen molar-refractivity contribution in [2.24, 2.45) is 0 Å². The Bertz CT molecular complexity index is 916. The van der Waals surface area contributed by atoms with Crippen LogP contribution in [0.15, 0.2) is 47.4 Å². The molecule has 29 heavy (non-hydrogen) atoms. The van der Waals surface area contributed by atoms with Gasteiger partial charge in [-0.2, -0.15) is 0 Å². The fraction of sp³-hybridized carbons (Fsp3) is 0.333. The maximum atomic E-state index is 12.5. The average molecular weight is 416 g/mol. The molecule has 0 bridgehead atoms. The number of rotatable bonds is 8. The van der Waals surface area contributed by atoms with Gasteiger partial charge in [0, 0.05) is 11.8 Å². The first-order valence-corrected chi connectivity index (χ1v) is 10.4. The van der Waals surface area contributed by atoms with Crippen molar-refractivity contribution in [3.8, 4) is 0 Å². The first-order valence-electron chi connectivity index (χ1n) is 9.21. The Hall–Kier alpha value is -2.87. The van der Waals surface area contributed by atoms with Crippen LogP contribution in [-0.2, 0) is 9.53 Å². The van der Waals surface area contributed by atoms with Crippen molar-refractivity contribution in [1.29, 1.82) is 0 Å². The molecule has 0 aliphatic heterocycles. The van der Waals surface area contributed by atoms with E-state index in [-0.39, 0.29) is 17.2 Å². The zero-order valence-corrected chi connectivity index (χ0v) is 17.6. The molecule has 2 rings (SSSR count). The van der Waals surface area contributed by atoms with Gasteiger partial charge in [-0.15, -0.1) is 11.8 Å². The predicted octanol–water partition coefficient (Wildman–Crippen LogP) is 5.01. The lowest BCUT2D eigenvalue weighted by Crippen LogP contribution is -2.30. The molecule has 0 fully saturated rings. The highest BCUT2D eigenvalue weighted by molar-refractivity contribution is 7.98. The number of nitro groups is 1. The van der Waals surface area contributed by atoms with Crippen LogP contribution in [-0.4, -0.2) is 29.2 Å². The molecule has 0 unspecified atom stereocenters. The average Bonchev–Trinajstić information content (AvgIpc) is 2.72. The zero-order valence-electron chi connectivity index (χ0n) is 16.8. The Morgan fingerprint density at radius 1 is 1.21 bits per heavy atom. The van der Waals surface area contributed by atoms with E-state index in [1.165, 1.54) is 30.8 Å². The number of nitrogens with zero attached hydrogens (tertiary/aromatic N) is 1. The summed E-state index contributed by atoms with van der Waals surface area (Å²) in [5, 5.41) is 14.0. The second-order valence-corrected chi connectivity index (χ2v) is 7.43. The minimum absolute atomic E-state index is 0.0224. The second kappa shape index (κ2) is 10.1. The molecule has 0 saturated carbocycles. The van der Waals surface area contributed by atoms with Crippen molar-refractivity contribution in [1.82, 2.24) is 0 Å². The van der Waals surface area contributed by atoms with Crippen molar-refractivity contribution < 1.29 is 19.2 Å². The summed E-state index contributed by atoms with van der Waals surface area (Å²) < 4.78 is 5.22. The molecule has 0 aliphatic rings. The number of thioether (sulfide) groups is 1. The van der Waals surface area contributed by atoms with Crippen LogP contribution in [0.1, 0.15) is 49.0 Å². The largest absolute Gasteiger partial charge is 0.449 e. The highest BCUT2D eigenvalue weighted by Crippen LogP contribution is 2.29. The van der Waals surface area contributed by atoms with Gasteiger partial charge < -0.3 is 10.1 Å². The van der Waals surface area contributed by atoms with Crippen LogP contribution in [0.2, 0.25) is 0 Å². The smallest absolute Gasteiger partial charge is 0.339 e. The molecule has 7 nitrogen and oxygen atoms in total. The molecular weight excluding hydrogens is 392 g/mol. The number of benzene rings is 2. The highest BCUT2D eigenvalue weighted by atomic mass is 32.2. The molecule has 2 atom stereocenters. The molecule has 2 aromatic carbocycles. The summed E-state index contributed by atoms with van der Waals surface area (Å²) >= 11 is 1.21. The Balaban J connectivity index is 2.11. The van der Waals surface area contributed by atoms with Crippen molar-refractivity contribution >= 4 is 35.0 Å². The van der Waals surface area contributed by atoms with Gasteiger partial charge in [0.15, 0.2) is 6.10 Å². The van der Waals surface area contributed by atoms with E-state index < -0.39 is 22.9 Å². The van der Waals surface area contributed by atoms with Gasteiger partial charge in [-0.25, -0.2) is 4.79 Å². The molecule has 1 N–H and O–H groups in total. The number of esters is 1. The van der Waals surface area contributed by atoms with Crippen molar-refractivity contribution in [3.05, 3.63) is 63.7 Å². The highest BCUT2D eigenvalue weighted by Gasteiger charge is 2.23. The molecule has 0 aromatic heterocycles. The Morgan fingerprint density at radius 3 is 2.52 bits per heavy atom. The summed E-state index contributed by atoms with van der Waals surface area (Å²) in [5.41, 5.74) is 1.53. The van der Waals surface area contributed by atoms with Crippen LogP contribution in [0, 0.1) is 10.1 Å². The lowest BCUT2D eigenvalue weighted by Gasteiger charge is -2.18. The normalized spacial score (nSPS) is 12.7. The van der Waals surface area contributed by atoms with Crippen LogP contribution < -0.4 is 5.32 Å². The molecule has 0 radical (unpaired) electrons. The monoisotopic (exact) mass is 416 g/mol. The van der Waals surface area contributed by atoms with Crippen LogP contribution in [0.25, 0.3) is 0 Å². The molecule has 0 spiro atoms. The van der Waals surface area contributed by atoms with Crippen molar-refractivity contribution in [2.45, 2.75) is 44.1 Å². The first kappa shape index (κ1) is 22.4. The van der Waals surface area contributed by atoms with Crippen LogP contribution >= 0.6 is 11.8 Å². The van der Waals surface area contributed by atoms with Gasteiger partial charge in [0.2, 0.25) is 0 Å². The minimum atomic E-state index is -1.06. The summed E-state index contributed by atoms with van der Waals surface area (Å²) in [6, 6.07) is 11.6. The maximum Gasteiger partial charge on any atom is 0.339 e. The van der Waals surface area contributed by atoms with E-state index in [1.54, 1.807) is 12.3 Å². The fourth-order valence-electron chi connectivity index (χ4n) is 2.74. The standard InChI is InChI=1S/C21H24N2O5S/c1-5-13(2)16-8-6-7-9-17(16)22-20(24)14(3)28-21(25)15-10-11-19(29-4)18(12-15)23(26)27/h6-14H,5H2,1-4H3,(H,22,24)/t13-,14+/m1/s1. The number of anilines is 1. The number of amides is 1. The summed E-state index contributed by atoms with van der Waals surface area (Å²) in [7, 11) is 0. The third kappa shape index (κ3) is 5.57. The Kier molecular flexibility index (Phi) is 7.78. The van der Waals surface area contributed by atoms with Gasteiger partial charge in [-0.3, -0.25) is 14.9 Å². The Morgan fingerprint density at radius 2 is 1.90 bits per heavy atom. The van der Waals surface area contributed by atoms with Crippen molar-refractivity contribution in [2.75, 3.05) is 11.6 Å². The fourth-order valence-corrected chi connectivity index (χ4v) is 3.28. The van der Waals surface area contributed by atoms with E-state index >= 15 is 0 Å². The van der Waals surface area contributed by atoms with E-state index in [9.17, 15) is 19.7 Å². The summed E-state index contributed by atoms with van der Waals surface area (Å²) in [5.74, 6) is -0.997. The number of carbonyl (C=O) groups is 2. The third-order valence-electron chi connectivity index (χ3n) is 4.63. The molecule has 1 amide bonds. The third-order valence-corrected chi connectivity index (χ3v) is 5.41. The minimum Gasteiger partial charge on any atom is -0.449 e. The van der Waals surface area contributed by atoms with Gasteiger partial charge in [-0.05, 0) is 49.3 Å². The zero-order chi connectivity index (χ0) is 21.6. The predicted molar refractivity (Wildman–Crippen MR) is 114 cm³/mol. The van der Waals surface area contributed by atoms with Crippen molar-refractivity contribution in [3.63, 3.8) is 0 Å². The number of para-hydroxylation sites is 1. The van der Waals surface area contributed by atoms with Crippen LogP contribution in [0.5, 0.6) is 0 Å². The number of ether oxygens (including phenoxy) is 1. The number of nitrogens with one attached hydrogen (secondary N) is 1. The van der Waals surface area contributed by atoms with E-state index in [0.717, 1.165) is 18.1 Å². The van der Waals surface area contributed by atoms with E-state index in [1.807, 2.05) is 18.2 Å². The molecule has 0 heterocycles. The quantitative estimate of drug-likeness (QED) is 0.281. The first-order chi connectivity index (χ1) is 13.8. The van der Waals surface area contributed by atoms with Gasteiger partial charge in [0.25, 0.3) is 11.6 Å². The number of hydrogen-bond donors (Lipinski definition) is 1. The lowest BCUT2D eigenvalue weighted by molar-refractivity contribution is -0.387. The summed E-state index contributed by atoms with van der Waals surface area (Å²) in [6.45, 7) is 5.60. The Labute approximate surface area is 174 Å². The second-order valence-electron chi connectivity index (χ2n) is 6.58. The van der Waals surface area contributed by atoms with Crippen LogP contribution in [0.4, 0.5) is 11.4 Å². The van der Waals surface area contributed by atoms with Crippen LogP contribution in [0.3, 0.4) is 0 Å². The molecule has 8 heteroatoms. The number of nitro benzene ring substituents is 1. The molecule has 0 saturated heterocycles. The SMILES string of the molecule is CC[C@@H](C)c1ccccc1NC(=O)[C@H](C)OC(=O)c1ccc(SC)c([N+](=O)[O-])c1. The van der Waals surface area contributed by atoms with Gasteiger partial charge in [0.05, 0.1) is 15.4 Å². The van der Waals surface area contributed by atoms with Gasteiger partial charge >= 0.3 is 5.97 Å². The van der Waals surface area contributed by atoms with E-state index in [0.29, 0.717) is 10.6 Å². The van der Waals surface area contributed by atoms with Gasteiger partial charge in [-0.1, -0.05) is 32.0 Å². The topological polar surface area (TPSA) is 98.5 Å². The summed E-state index contributed by atoms with van der Waals surface area (Å²) in [6.07, 6.45) is 1.57. The molecule has 0 aliphatic carbocycles. The summed E-state index contributed by atoms with van der Waals surface area (Å²) in [4.78, 5) is 36.0. The molecular formula is C21H24N2O5S. The van der Waals surface area contributed by atoms with E-state index in [2.05, 4.69) is 19.2 Å². The molecule has 154 valence electrons. The number of carbonyl (C=O) groups excluding carboxylic acids is 2. The molecule has 2 aromatic rings.